The zero-order chi connectivity index (χ0) is 13.1. The van der Waals surface area contributed by atoms with Crippen LogP contribution in [0.25, 0.3) is 0 Å². The molecule has 0 N–H and O–H groups in total. The maximum atomic E-state index is 13.5. The van der Waals surface area contributed by atoms with E-state index in [9.17, 15) is 9.18 Å². The first-order valence-electron chi connectivity index (χ1n) is 5.62. The van der Waals surface area contributed by atoms with E-state index in [0.29, 0.717) is 11.3 Å². The minimum absolute atomic E-state index is 0.214. The fourth-order valence-corrected chi connectivity index (χ4v) is 1.72. The predicted molar refractivity (Wildman–Crippen MR) is 65.6 cm³/mol. The van der Waals surface area contributed by atoms with Gasteiger partial charge >= 0.3 is 0 Å². The van der Waals surface area contributed by atoms with Gasteiger partial charge in [0.15, 0.2) is 5.76 Å². The summed E-state index contributed by atoms with van der Waals surface area (Å²) in [6, 6.07) is 8.14. The third-order valence-corrected chi connectivity index (χ3v) is 2.77. The van der Waals surface area contributed by atoms with Gasteiger partial charge in [-0.1, -0.05) is 18.2 Å². The Kier molecular flexibility index (Phi) is 3.46. The van der Waals surface area contributed by atoms with Crippen LogP contribution >= 0.6 is 0 Å². The van der Waals surface area contributed by atoms with Gasteiger partial charge in [-0.15, -0.1) is 0 Å². The highest BCUT2D eigenvalue weighted by Gasteiger charge is 2.18. The Bertz CT molecular complexity index is 562. The van der Waals surface area contributed by atoms with Crippen LogP contribution in [0, 0.1) is 12.7 Å². The Morgan fingerprint density at radius 1 is 1.33 bits per heavy atom. The average Bonchev–Trinajstić information content (AvgIpc) is 2.77. The summed E-state index contributed by atoms with van der Waals surface area (Å²) in [5, 5.41) is 0. The molecule has 4 heteroatoms. The monoisotopic (exact) mass is 247 g/mol. The third kappa shape index (κ3) is 2.42. The van der Waals surface area contributed by atoms with Crippen molar-refractivity contribution in [3.05, 3.63) is 59.3 Å². The van der Waals surface area contributed by atoms with Crippen LogP contribution in [0.5, 0.6) is 0 Å². The summed E-state index contributed by atoms with van der Waals surface area (Å²) in [5.41, 5.74) is 1.26. The molecule has 0 bridgehead atoms. The minimum Gasteiger partial charge on any atom is -0.459 e. The summed E-state index contributed by atoms with van der Waals surface area (Å²) >= 11 is 0. The summed E-state index contributed by atoms with van der Waals surface area (Å²) in [7, 11) is 1.62. The van der Waals surface area contributed by atoms with Gasteiger partial charge in [0.05, 0.1) is 6.26 Å². The summed E-state index contributed by atoms with van der Waals surface area (Å²) in [6.45, 7) is 2.01. The van der Waals surface area contributed by atoms with Crippen molar-refractivity contribution in [3.63, 3.8) is 0 Å². The molecule has 1 amide bonds. The number of nitrogens with zero attached hydrogens (tertiary/aromatic N) is 1. The first-order valence-corrected chi connectivity index (χ1v) is 5.62. The van der Waals surface area contributed by atoms with Gasteiger partial charge in [-0.3, -0.25) is 4.79 Å². The number of carbonyl (C=O) groups is 1. The molecule has 94 valence electrons. The second-order valence-electron chi connectivity index (χ2n) is 4.19. The minimum atomic E-state index is -0.312. The number of furan rings is 1. The third-order valence-electron chi connectivity index (χ3n) is 2.77. The summed E-state index contributed by atoms with van der Waals surface area (Å²) < 4.78 is 18.6. The first kappa shape index (κ1) is 12.4. The highest BCUT2D eigenvalue weighted by atomic mass is 19.1. The fourth-order valence-electron chi connectivity index (χ4n) is 1.72. The van der Waals surface area contributed by atoms with Crippen LogP contribution in [-0.4, -0.2) is 17.9 Å². The highest BCUT2D eigenvalue weighted by molar-refractivity contribution is 5.92. The number of halogens is 1. The Morgan fingerprint density at radius 2 is 2.06 bits per heavy atom. The number of amides is 1. The van der Waals surface area contributed by atoms with E-state index in [4.69, 9.17) is 4.42 Å². The van der Waals surface area contributed by atoms with Gasteiger partial charge in [0.2, 0.25) is 0 Å². The highest BCUT2D eigenvalue weighted by Crippen LogP contribution is 2.14. The summed E-state index contributed by atoms with van der Waals surface area (Å²) in [5.74, 6) is -0.261. The smallest absolute Gasteiger partial charge is 0.289 e. The molecule has 0 saturated heterocycles. The Morgan fingerprint density at radius 3 is 2.67 bits per heavy atom. The number of rotatable bonds is 3. The molecule has 0 aliphatic rings. The van der Waals surface area contributed by atoms with Gasteiger partial charge in [-0.2, -0.15) is 0 Å². The van der Waals surface area contributed by atoms with Crippen LogP contribution < -0.4 is 0 Å². The molecule has 1 heterocycles. The molecule has 0 aliphatic heterocycles. The molecular weight excluding hydrogens is 233 g/mol. The van der Waals surface area contributed by atoms with Crippen molar-refractivity contribution in [1.82, 2.24) is 4.90 Å². The lowest BCUT2D eigenvalue weighted by Gasteiger charge is -2.16. The van der Waals surface area contributed by atoms with E-state index < -0.39 is 0 Å². The molecule has 3 nitrogen and oxygen atoms in total. The number of benzene rings is 1. The molecule has 1 aromatic carbocycles. The average molecular weight is 247 g/mol. The van der Waals surface area contributed by atoms with Crippen LogP contribution in [0.4, 0.5) is 4.39 Å². The molecule has 0 saturated carbocycles. The second kappa shape index (κ2) is 5.04. The molecule has 18 heavy (non-hydrogen) atoms. The lowest BCUT2D eigenvalue weighted by atomic mass is 10.2. The molecule has 0 aliphatic carbocycles. The summed E-state index contributed by atoms with van der Waals surface area (Å²) in [6.07, 6.45) is 1.47. The van der Waals surface area contributed by atoms with Crippen molar-refractivity contribution in [2.24, 2.45) is 0 Å². The number of hydrogen-bond acceptors (Lipinski definition) is 2. The van der Waals surface area contributed by atoms with Crippen molar-refractivity contribution in [2.45, 2.75) is 13.5 Å². The van der Waals surface area contributed by atoms with E-state index in [1.54, 1.807) is 38.2 Å². The maximum Gasteiger partial charge on any atom is 0.289 e. The van der Waals surface area contributed by atoms with Crippen molar-refractivity contribution in [2.75, 3.05) is 7.05 Å². The van der Waals surface area contributed by atoms with E-state index >= 15 is 0 Å². The molecule has 0 unspecified atom stereocenters. The molecule has 0 radical (unpaired) electrons. The van der Waals surface area contributed by atoms with E-state index in [1.165, 1.54) is 17.2 Å². The Hall–Kier alpha value is -2.10. The van der Waals surface area contributed by atoms with Crippen LogP contribution in [0.2, 0.25) is 0 Å². The SMILES string of the molecule is Cc1ccoc1C(=O)N(C)Cc1ccccc1F. The van der Waals surface area contributed by atoms with Crippen molar-refractivity contribution in [3.8, 4) is 0 Å². The molecule has 2 aromatic rings. The predicted octanol–water partition coefficient (Wildman–Crippen LogP) is 3.00. The molecule has 0 spiro atoms. The second-order valence-corrected chi connectivity index (χ2v) is 4.19. The van der Waals surface area contributed by atoms with Gasteiger partial charge < -0.3 is 9.32 Å². The van der Waals surface area contributed by atoms with E-state index in [2.05, 4.69) is 0 Å². The topological polar surface area (TPSA) is 33.5 Å². The standard InChI is InChI=1S/C14H14FNO2/c1-10-7-8-18-13(10)14(17)16(2)9-11-5-3-4-6-12(11)15/h3-8H,9H2,1-2H3. The molecule has 2 rings (SSSR count). The van der Waals surface area contributed by atoms with Gasteiger partial charge in [-0.05, 0) is 19.1 Å². The van der Waals surface area contributed by atoms with Crippen molar-refractivity contribution >= 4 is 5.91 Å². The lowest BCUT2D eigenvalue weighted by Crippen LogP contribution is -2.26. The molecular formula is C14H14FNO2. The zero-order valence-corrected chi connectivity index (χ0v) is 10.3. The zero-order valence-electron chi connectivity index (χ0n) is 10.3. The Labute approximate surface area is 105 Å². The van der Waals surface area contributed by atoms with Crippen molar-refractivity contribution in [1.29, 1.82) is 0 Å². The van der Waals surface area contributed by atoms with E-state index in [1.807, 2.05) is 0 Å². The molecule has 0 atom stereocenters. The maximum absolute atomic E-state index is 13.5. The molecule has 1 aromatic heterocycles. The summed E-state index contributed by atoms with van der Waals surface area (Å²) in [4.78, 5) is 13.5. The fraction of sp³-hybridized carbons (Fsp3) is 0.214. The van der Waals surface area contributed by atoms with Gasteiger partial charge in [0, 0.05) is 24.7 Å². The molecule has 0 fully saturated rings. The van der Waals surface area contributed by atoms with Crippen LogP contribution in [0.1, 0.15) is 21.7 Å². The number of carbonyl (C=O) groups excluding carboxylic acids is 1. The number of hydrogen-bond donors (Lipinski definition) is 0. The van der Waals surface area contributed by atoms with E-state index in [-0.39, 0.29) is 18.3 Å². The van der Waals surface area contributed by atoms with E-state index in [0.717, 1.165) is 5.56 Å². The van der Waals surface area contributed by atoms with Crippen LogP contribution in [0.3, 0.4) is 0 Å². The largest absolute Gasteiger partial charge is 0.459 e. The lowest BCUT2D eigenvalue weighted by molar-refractivity contribution is 0.0751. The normalized spacial score (nSPS) is 10.4. The first-order chi connectivity index (χ1) is 8.59. The van der Waals surface area contributed by atoms with Gasteiger partial charge in [-0.25, -0.2) is 4.39 Å². The quantitative estimate of drug-likeness (QED) is 0.835. The van der Waals surface area contributed by atoms with Gasteiger partial charge in [0.1, 0.15) is 5.82 Å². The van der Waals surface area contributed by atoms with Crippen molar-refractivity contribution < 1.29 is 13.6 Å². The van der Waals surface area contributed by atoms with Gasteiger partial charge in [0.25, 0.3) is 5.91 Å². The number of aryl methyl sites for hydroxylation is 1. The Balaban J connectivity index is 2.14. The van der Waals surface area contributed by atoms with Crippen LogP contribution in [0.15, 0.2) is 41.0 Å². The van der Waals surface area contributed by atoms with Crippen LogP contribution in [-0.2, 0) is 6.54 Å².